The van der Waals surface area contributed by atoms with Gasteiger partial charge in [0.25, 0.3) is 0 Å². The minimum atomic E-state index is -0.299. The Balaban J connectivity index is 1.34. The van der Waals surface area contributed by atoms with E-state index in [1.54, 1.807) is 19.2 Å². The number of piperidine rings is 1. The lowest BCUT2D eigenvalue weighted by atomic mass is 10.0. The van der Waals surface area contributed by atoms with E-state index < -0.39 is 0 Å². The van der Waals surface area contributed by atoms with E-state index in [0.717, 1.165) is 63.1 Å². The van der Waals surface area contributed by atoms with Crippen molar-refractivity contribution in [1.82, 2.24) is 15.5 Å². The van der Waals surface area contributed by atoms with Crippen molar-refractivity contribution in [3.05, 3.63) is 29.6 Å². The molecule has 1 aromatic rings. The van der Waals surface area contributed by atoms with Crippen LogP contribution in [0.15, 0.2) is 23.2 Å². The molecule has 1 saturated carbocycles. The first kappa shape index (κ1) is 20.9. The summed E-state index contributed by atoms with van der Waals surface area (Å²) in [6.07, 6.45) is 4.72. The Labute approximate surface area is 167 Å². The van der Waals surface area contributed by atoms with Gasteiger partial charge in [0.1, 0.15) is 0 Å². The molecule has 1 saturated heterocycles. The molecule has 1 aliphatic heterocycles. The van der Waals surface area contributed by atoms with Gasteiger partial charge in [-0.1, -0.05) is 6.07 Å². The second-order valence-electron chi connectivity index (χ2n) is 7.68. The van der Waals surface area contributed by atoms with Crippen molar-refractivity contribution in [2.75, 3.05) is 47.0 Å². The normalized spacial score (nSPS) is 18.9. The molecule has 1 aliphatic carbocycles. The Kier molecular flexibility index (Phi) is 7.91. The molecular weight excluding hydrogens is 359 g/mol. The molecule has 0 unspecified atom stereocenters. The minimum absolute atomic E-state index is 0.295. The molecule has 0 spiro atoms. The summed E-state index contributed by atoms with van der Waals surface area (Å²) in [5.41, 5.74) is 0.980. The molecule has 7 heteroatoms. The van der Waals surface area contributed by atoms with Crippen LogP contribution in [0.2, 0.25) is 0 Å². The Morgan fingerprint density at radius 3 is 2.68 bits per heavy atom. The molecule has 6 nitrogen and oxygen atoms in total. The zero-order valence-electron chi connectivity index (χ0n) is 17.0. The van der Waals surface area contributed by atoms with Crippen LogP contribution < -0.4 is 15.4 Å². The van der Waals surface area contributed by atoms with Crippen LogP contribution in [0.1, 0.15) is 31.2 Å². The number of rotatable bonds is 9. The summed E-state index contributed by atoms with van der Waals surface area (Å²) in [6.45, 7) is 5.10. The van der Waals surface area contributed by atoms with Crippen molar-refractivity contribution >= 4 is 5.96 Å². The SMILES string of the molecule is CN=C(NCCOCC1CC1)NC1CCN(Cc2ccc(OC)c(F)c2)CC1. The number of halogens is 1. The lowest BCUT2D eigenvalue weighted by Gasteiger charge is -2.33. The second kappa shape index (κ2) is 10.6. The summed E-state index contributed by atoms with van der Waals surface area (Å²) < 4.78 is 24.5. The van der Waals surface area contributed by atoms with Gasteiger partial charge in [-0.05, 0) is 49.3 Å². The van der Waals surface area contributed by atoms with Gasteiger partial charge >= 0.3 is 0 Å². The molecule has 2 N–H and O–H groups in total. The third kappa shape index (κ3) is 6.63. The molecule has 0 radical (unpaired) electrons. The number of nitrogens with one attached hydrogen (secondary N) is 2. The van der Waals surface area contributed by atoms with Gasteiger partial charge < -0.3 is 20.1 Å². The summed E-state index contributed by atoms with van der Waals surface area (Å²) in [5.74, 6) is 1.64. The fourth-order valence-corrected chi connectivity index (χ4v) is 3.47. The number of aliphatic imine (C=N–C) groups is 1. The van der Waals surface area contributed by atoms with Crippen LogP contribution in [0.4, 0.5) is 4.39 Å². The van der Waals surface area contributed by atoms with E-state index in [9.17, 15) is 4.39 Å². The minimum Gasteiger partial charge on any atom is -0.494 e. The first-order valence-electron chi connectivity index (χ1n) is 10.3. The number of guanidine groups is 1. The predicted molar refractivity (Wildman–Crippen MR) is 109 cm³/mol. The summed E-state index contributed by atoms with van der Waals surface area (Å²) in [5, 5.41) is 6.83. The summed E-state index contributed by atoms with van der Waals surface area (Å²) in [6, 6.07) is 5.61. The molecule has 2 aliphatic rings. The number of nitrogens with zero attached hydrogens (tertiary/aromatic N) is 2. The molecule has 0 amide bonds. The van der Waals surface area contributed by atoms with Gasteiger partial charge in [-0.2, -0.15) is 0 Å². The molecular formula is C21H33FN4O2. The van der Waals surface area contributed by atoms with Crippen molar-refractivity contribution < 1.29 is 13.9 Å². The van der Waals surface area contributed by atoms with E-state index in [-0.39, 0.29) is 5.82 Å². The van der Waals surface area contributed by atoms with E-state index in [1.165, 1.54) is 20.0 Å². The fraction of sp³-hybridized carbons (Fsp3) is 0.667. The quantitative estimate of drug-likeness (QED) is 0.384. The average Bonchev–Trinajstić information content (AvgIpc) is 3.53. The maximum absolute atomic E-state index is 13.9. The van der Waals surface area contributed by atoms with Crippen LogP contribution in [0.3, 0.4) is 0 Å². The van der Waals surface area contributed by atoms with Crippen molar-refractivity contribution in [3.8, 4) is 5.75 Å². The summed E-state index contributed by atoms with van der Waals surface area (Å²) >= 11 is 0. The largest absolute Gasteiger partial charge is 0.494 e. The highest BCUT2D eigenvalue weighted by atomic mass is 19.1. The van der Waals surface area contributed by atoms with E-state index >= 15 is 0 Å². The molecule has 28 heavy (non-hydrogen) atoms. The Morgan fingerprint density at radius 2 is 2.04 bits per heavy atom. The van der Waals surface area contributed by atoms with Crippen molar-refractivity contribution in [2.45, 2.75) is 38.3 Å². The topological polar surface area (TPSA) is 58.1 Å². The first-order valence-corrected chi connectivity index (χ1v) is 10.3. The van der Waals surface area contributed by atoms with Gasteiger partial charge in [-0.3, -0.25) is 9.89 Å². The van der Waals surface area contributed by atoms with Crippen LogP contribution in [-0.2, 0) is 11.3 Å². The van der Waals surface area contributed by atoms with Crippen molar-refractivity contribution in [3.63, 3.8) is 0 Å². The predicted octanol–water partition coefficient (Wildman–Crippen LogP) is 2.39. The second-order valence-corrected chi connectivity index (χ2v) is 7.68. The smallest absolute Gasteiger partial charge is 0.191 e. The van der Waals surface area contributed by atoms with Crippen LogP contribution in [0.5, 0.6) is 5.75 Å². The molecule has 3 rings (SSSR count). The van der Waals surface area contributed by atoms with Gasteiger partial charge in [0.15, 0.2) is 17.5 Å². The number of likely N-dealkylation sites (tertiary alicyclic amines) is 1. The Bertz CT molecular complexity index is 643. The van der Waals surface area contributed by atoms with E-state index in [2.05, 4.69) is 20.5 Å². The van der Waals surface area contributed by atoms with E-state index in [4.69, 9.17) is 9.47 Å². The monoisotopic (exact) mass is 392 g/mol. The number of ether oxygens (including phenoxy) is 2. The number of methoxy groups -OCH3 is 1. The molecule has 0 atom stereocenters. The van der Waals surface area contributed by atoms with E-state index in [0.29, 0.717) is 18.4 Å². The highest BCUT2D eigenvalue weighted by Gasteiger charge is 2.21. The van der Waals surface area contributed by atoms with Gasteiger partial charge in [0.05, 0.1) is 13.7 Å². The van der Waals surface area contributed by atoms with E-state index in [1.807, 2.05) is 6.07 Å². The zero-order valence-corrected chi connectivity index (χ0v) is 17.0. The molecule has 1 aromatic carbocycles. The standard InChI is InChI=1S/C21H33FN4O2/c1-23-21(24-9-12-28-15-16-3-4-16)25-18-7-10-26(11-8-18)14-17-5-6-20(27-2)19(22)13-17/h5-6,13,16,18H,3-4,7-12,14-15H2,1-2H3,(H2,23,24,25). The lowest BCUT2D eigenvalue weighted by molar-refractivity contribution is 0.129. The third-order valence-electron chi connectivity index (χ3n) is 5.36. The zero-order chi connectivity index (χ0) is 19.8. The highest BCUT2D eigenvalue weighted by Crippen LogP contribution is 2.28. The van der Waals surface area contributed by atoms with Crippen LogP contribution in [0, 0.1) is 11.7 Å². The van der Waals surface area contributed by atoms with Crippen LogP contribution in [-0.4, -0.2) is 63.9 Å². The van der Waals surface area contributed by atoms with Crippen molar-refractivity contribution in [1.29, 1.82) is 0 Å². The Morgan fingerprint density at radius 1 is 1.25 bits per heavy atom. The summed E-state index contributed by atoms with van der Waals surface area (Å²) in [7, 11) is 3.29. The molecule has 2 fully saturated rings. The third-order valence-corrected chi connectivity index (χ3v) is 5.36. The van der Waals surface area contributed by atoms with Gasteiger partial charge in [0.2, 0.25) is 0 Å². The maximum Gasteiger partial charge on any atom is 0.191 e. The first-order chi connectivity index (χ1) is 13.7. The number of hydrogen-bond donors (Lipinski definition) is 2. The van der Waals surface area contributed by atoms with Gasteiger partial charge in [-0.25, -0.2) is 4.39 Å². The molecule has 156 valence electrons. The number of hydrogen-bond acceptors (Lipinski definition) is 4. The average molecular weight is 393 g/mol. The van der Waals surface area contributed by atoms with Crippen LogP contribution >= 0.6 is 0 Å². The maximum atomic E-state index is 13.9. The highest BCUT2D eigenvalue weighted by molar-refractivity contribution is 5.79. The molecule has 1 heterocycles. The van der Waals surface area contributed by atoms with Crippen molar-refractivity contribution in [2.24, 2.45) is 10.9 Å². The summed E-state index contributed by atoms with van der Waals surface area (Å²) in [4.78, 5) is 6.67. The lowest BCUT2D eigenvalue weighted by Crippen LogP contribution is -2.49. The number of benzene rings is 1. The molecule has 0 aromatic heterocycles. The van der Waals surface area contributed by atoms with Gasteiger partial charge in [-0.15, -0.1) is 0 Å². The molecule has 0 bridgehead atoms. The Hall–Kier alpha value is -1.86. The van der Waals surface area contributed by atoms with Crippen LogP contribution in [0.25, 0.3) is 0 Å². The van der Waals surface area contributed by atoms with Gasteiger partial charge in [0, 0.05) is 45.9 Å². The fourth-order valence-electron chi connectivity index (χ4n) is 3.47.